The van der Waals surface area contributed by atoms with Gasteiger partial charge in [-0.1, -0.05) is 41.4 Å². The second kappa shape index (κ2) is 9.36. The highest BCUT2D eigenvalue weighted by Crippen LogP contribution is 2.31. The molecule has 0 bridgehead atoms. The first-order valence-corrected chi connectivity index (χ1v) is 10.2. The Bertz CT molecular complexity index is 1060. The first-order valence-electron chi connectivity index (χ1n) is 9.40. The van der Waals surface area contributed by atoms with Crippen molar-refractivity contribution in [3.8, 4) is 5.75 Å². The van der Waals surface area contributed by atoms with Crippen LogP contribution in [0.2, 0.25) is 10.0 Å². The van der Waals surface area contributed by atoms with E-state index in [9.17, 15) is 19.2 Å². The number of carbonyl (C=O) groups is 4. The number of carbonyl (C=O) groups excluding carboxylic acids is 4. The van der Waals surface area contributed by atoms with Crippen LogP contribution in [-0.2, 0) is 14.4 Å². The highest BCUT2D eigenvalue weighted by molar-refractivity contribution is 6.53. The topological polar surface area (TPSA) is 96.0 Å². The summed E-state index contributed by atoms with van der Waals surface area (Å²) in [5.41, 5.74) is 0.824. The molecule has 10 heteroatoms. The van der Waals surface area contributed by atoms with E-state index in [1.54, 1.807) is 50.2 Å². The highest BCUT2D eigenvalue weighted by atomic mass is 35.5. The number of halogens is 2. The van der Waals surface area contributed by atoms with Gasteiger partial charge in [0.1, 0.15) is 12.3 Å². The van der Waals surface area contributed by atoms with Gasteiger partial charge in [0.2, 0.25) is 5.91 Å². The van der Waals surface area contributed by atoms with E-state index in [-0.39, 0.29) is 11.4 Å². The third-order valence-corrected chi connectivity index (χ3v) is 5.32. The van der Waals surface area contributed by atoms with Gasteiger partial charge in [0.05, 0.1) is 28.4 Å². The average Bonchev–Trinajstić information content (AvgIpc) is 2.94. The predicted molar refractivity (Wildman–Crippen MR) is 115 cm³/mol. The van der Waals surface area contributed by atoms with Gasteiger partial charge in [-0.2, -0.15) is 0 Å². The summed E-state index contributed by atoms with van der Waals surface area (Å²) in [5.74, 6) is -2.48. The van der Waals surface area contributed by atoms with E-state index in [4.69, 9.17) is 27.9 Å². The Labute approximate surface area is 188 Å². The molecule has 0 radical (unpaired) electrons. The van der Waals surface area contributed by atoms with E-state index in [0.29, 0.717) is 32.0 Å². The third kappa shape index (κ3) is 4.65. The fourth-order valence-corrected chi connectivity index (χ4v) is 3.38. The molecule has 1 fully saturated rings. The minimum Gasteiger partial charge on any atom is -0.492 e. The number of para-hydroxylation sites is 2. The first kappa shape index (κ1) is 22.6. The summed E-state index contributed by atoms with van der Waals surface area (Å²) in [7, 11) is 0. The Balaban J connectivity index is 1.74. The van der Waals surface area contributed by atoms with Crippen LogP contribution in [0.3, 0.4) is 0 Å². The molecule has 1 unspecified atom stereocenters. The maximum absolute atomic E-state index is 12.8. The van der Waals surface area contributed by atoms with Crippen molar-refractivity contribution in [2.24, 2.45) is 0 Å². The Morgan fingerprint density at radius 3 is 2.45 bits per heavy atom. The van der Waals surface area contributed by atoms with Gasteiger partial charge in [0.25, 0.3) is 0 Å². The third-order valence-electron chi connectivity index (χ3n) is 4.58. The Morgan fingerprint density at radius 2 is 1.77 bits per heavy atom. The number of urea groups is 1. The van der Waals surface area contributed by atoms with Crippen LogP contribution in [0.25, 0.3) is 0 Å². The van der Waals surface area contributed by atoms with E-state index in [1.807, 2.05) is 0 Å². The summed E-state index contributed by atoms with van der Waals surface area (Å²) in [5, 5.41) is 3.38. The summed E-state index contributed by atoms with van der Waals surface area (Å²) in [6.45, 7) is 3.16. The maximum atomic E-state index is 12.8. The number of nitrogens with one attached hydrogen (secondary N) is 1. The summed E-state index contributed by atoms with van der Waals surface area (Å²) in [6.07, 6.45) is 0. The molecule has 3 rings (SSSR count). The van der Waals surface area contributed by atoms with Crippen molar-refractivity contribution in [1.29, 1.82) is 0 Å². The normalized spacial score (nSPS) is 14.8. The molecule has 1 N–H and O–H groups in total. The summed E-state index contributed by atoms with van der Waals surface area (Å²) in [6, 6.07) is 9.87. The van der Waals surface area contributed by atoms with Crippen molar-refractivity contribution < 1.29 is 23.9 Å². The van der Waals surface area contributed by atoms with E-state index < -0.39 is 36.3 Å². The first-order chi connectivity index (χ1) is 14.7. The molecule has 0 spiro atoms. The van der Waals surface area contributed by atoms with Crippen LogP contribution >= 0.6 is 23.2 Å². The molecule has 0 saturated carbocycles. The molecule has 31 heavy (non-hydrogen) atoms. The number of anilines is 1. The molecule has 0 aromatic heterocycles. The van der Waals surface area contributed by atoms with Crippen LogP contribution in [-0.4, -0.2) is 41.8 Å². The summed E-state index contributed by atoms with van der Waals surface area (Å²) >= 11 is 11.9. The molecule has 1 heterocycles. The van der Waals surface area contributed by atoms with Crippen molar-refractivity contribution >= 4 is 52.6 Å². The van der Waals surface area contributed by atoms with Crippen molar-refractivity contribution in [1.82, 2.24) is 10.2 Å². The lowest BCUT2D eigenvalue weighted by Crippen LogP contribution is -2.42. The fraction of sp³-hybridized carbons (Fsp3) is 0.238. The minimum absolute atomic E-state index is 0.139. The van der Waals surface area contributed by atoms with Gasteiger partial charge in [-0.05, 0) is 43.7 Å². The number of amides is 5. The van der Waals surface area contributed by atoms with Crippen LogP contribution < -0.4 is 15.0 Å². The largest absolute Gasteiger partial charge is 0.492 e. The van der Waals surface area contributed by atoms with Gasteiger partial charge in [-0.25, -0.2) is 14.6 Å². The zero-order valence-corrected chi connectivity index (χ0v) is 18.2. The second-order valence-corrected chi connectivity index (χ2v) is 7.49. The van der Waals surface area contributed by atoms with Gasteiger partial charge in [-0.3, -0.25) is 14.4 Å². The SMILES string of the molecule is CCOc1ccccc1N1C(=O)C(=O)N(CC(=O)NC(C)c2ccc(Cl)c(Cl)c2)C1=O. The monoisotopic (exact) mass is 463 g/mol. The van der Waals surface area contributed by atoms with E-state index >= 15 is 0 Å². The molecule has 1 aliphatic heterocycles. The lowest BCUT2D eigenvalue weighted by molar-refractivity contribution is -0.140. The second-order valence-electron chi connectivity index (χ2n) is 6.68. The summed E-state index contributed by atoms with van der Waals surface area (Å²) < 4.78 is 5.44. The van der Waals surface area contributed by atoms with Gasteiger partial charge in [0, 0.05) is 0 Å². The number of rotatable bonds is 7. The zero-order valence-electron chi connectivity index (χ0n) is 16.7. The van der Waals surface area contributed by atoms with Gasteiger partial charge in [0.15, 0.2) is 0 Å². The maximum Gasteiger partial charge on any atom is 0.339 e. The van der Waals surface area contributed by atoms with Crippen molar-refractivity contribution in [2.75, 3.05) is 18.1 Å². The lowest BCUT2D eigenvalue weighted by Gasteiger charge is -2.19. The molecule has 1 atom stereocenters. The molecule has 0 aliphatic carbocycles. The molecule has 2 aromatic rings. The van der Waals surface area contributed by atoms with Crippen LogP contribution in [0.15, 0.2) is 42.5 Å². The predicted octanol–water partition coefficient (Wildman–Crippen LogP) is 3.56. The molecular formula is C21H19Cl2N3O5. The number of hydrogen-bond donors (Lipinski definition) is 1. The number of hydrogen-bond acceptors (Lipinski definition) is 5. The smallest absolute Gasteiger partial charge is 0.339 e. The number of benzene rings is 2. The van der Waals surface area contributed by atoms with Gasteiger partial charge < -0.3 is 10.1 Å². The average molecular weight is 464 g/mol. The molecular weight excluding hydrogens is 445 g/mol. The molecule has 5 amide bonds. The van der Waals surface area contributed by atoms with E-state index in [0.717, 1.165) is 0 Å². The van der Waals surface area contributed by atoms with Crippen LogP contribution in [0, 0.1) is 0 Å². The van der Waals surface area contributed by atoms with Gasteiger partial charge in [-0.15, -0.1) is 0 Å². The molecule has 8 nitrogen and oxygen atoms in total. The van der Waals surface area contributed by atoms with E-state index in [1.165, 1.54) is 6.07 Å². The Kier molecular flexibility index (Phi) is 6.82. The lowest BCUT2D eigenvalue weighted by atomic mass is 10.1. The van der Waals surface area contributed by atoms with Gasteiger partial charge >= 0.3 is 17.8 Å². The Morgan fingerprint density at radius 1 is 1.06 bits per heavy atom. The number of imide groups is 2. The molecule has 1 saturated heterocycles. The Hall–Kier alpha value is -3.10. The van der Waals surface area contributed by atoms with Crippen molar-refractivity contribution in [3.05, 3.63) is 58.1 Å². The number of ether oxygens (including phenoxy) is 1. The summed E-state index contributed by atoms with van der Waals surface area (Å²) in [4.78, 5) is 51.5. The van der Waals surface area contributed by atoms with Crippen LogP contribution in [0.5, 0.6) is 5.75 Å². The minimum atomic E-state index is -1.09. The van der Waals surface area contributed by atoms with Crippen LogP contribution in [0.4, 0.5) is 10.5 Å². The van der Waals surface area contributed by atoms with Crippen molar-refractivity contribution in [3.63, 3.8) is 0 Å². The fourth-order valence-electron chi connectivity index (χ4n) is 3.07. The molecule has 2 aromatic carbocycles. The van der Waals surface area contributed by atoms with E-state index in [2.05, 4.69) is 5.32 Å². The van der Waals surface area contributed by atoms with Crippen LogP contribution in [0.1, 0.15) is 25.5 Å². The zero-order chi connectivity index (χ0) is 22.7. The highest BCUT2D eigenvalue weighted by Gasteiger charge is 2.47. The van der Waals surface area contributed by atoms with Crippen molar-refractivity contribution in [2.45, 2.75) is 19.9 Å². The molecule has 162 valence electrons. The number of nitrogens with zero attached hydrogens (tertiary/aromatic N) is 2. The standard InChI is InChI=1S/C21H19Cl2N3O5/c1-3-31-17-7-5-4-6-16(17)26-20(29)19(28)25(21(26)30)11-18(27)24-12(2)13-8-9-14(22)15(23)10-13/h4-10,12H,3,11H2,1-2H3,(H,24,27). The quantitative estimate of drug-likeness (QED) is 0.500. The molecule has 1 aliphatic rings.